The van der Waals surface area contributed by atoms with E-state index >= 15 is 0 Å². The number of hydrogen-bond acceptors (Lipinski definition) is 8. The molecule has 10 heterocycles. The standard InChI is InChI=1S/2C36H22BNO2.C34H19BO2.C28H17BO2/c1-5-13-30-26(9-1)27-10-2-6-14-31(27)38(30)24-19-17-23(18-20-24)25-21-22-34-35-36(25)40-33-16-8-4-12-29(33)37(35)28-11-3-7-15-32(28)39-34;1-4-11-30-26(8-1)27-9-2-5-12-31(27)38(30)25-19-16-23(17-20-25)24-18-21-33-29(22-24)37-28-10-3-6-13-32(28)39-34-14-7-15-35(40-33)36(34)37;1-3-10-28-26(8-1)35-27-9-2-4-11-29(27)37-34-25(18-19-30(36-28)33(34)35)23-16-14-22-13-12-20-6-5-7-21-15-17-24(23)32(22)31(20)21;1-2-10-19-18(8-1)9-7-11-20(19)21-16-17-26-27-28(21)31-25-15-6-4-13-23(25)29(27)22-12-3-5-14-24(22)30-26/h2*1-22H;1-19H;1-17H. The van der Waals surface area contributed by atoms with E-state index in [9.17, 15) is 0 Å². The zero-order chi connectivity index (χ0) is 96.9. The maximum atomic E-state index is 6.74. The Morgan fingerprint density at radius 1 is 0.149 bits per heavy atom. The van der Waals surface area contributed by atoms with Crippen LogP contribution < -0.4 is 103 Å². The molecule has 8 aliphatic heterocycles. The van der Waals surface area contributed by atoms with Gasteiger partial charge in [0.1, 0.15) is 92.0 Å². The molecule has 10 nitrogen and oxygen atoms in total. The van der Waals surface area contributed by atoms with Crippen molar-refractivity contribution in [2.45, 2.75) is 0 Å². The summed E-state index contributed by atoms with van der Waals surface area (Å²) in [5.74, 6) is 14.3. The Morgan fingerprint density at radius 3 is 0.865 bits per heavy atom. The van der Waals surface area contributed by atoms with Crippen molar-refractivity contribution < 1.29 is 37.9 Å². The van der Waals surface area contributed by atoms with E-state index in [2.05, 4.69) is 440 Å². The van der Waals surface area contributed by atoms with Crippen LogP contribution in [0.5, 0.6) is 92.0 Å². The van der Waals surface area contributed by atoms with Crippen LogP contribution in [0.3, 0.4) is 0 Å². The second-order valence-electron chi connectivity index (χ2n) is 39.1. The summed E-state index contributed by atoms with van der Waals surface area (Å²) in [6, 6.07) is 171. The van der Waals surface area contributed by atoms with Crippen molar-refractivity contribution in [1.29, 1.82) is 0 Å². The molecular formula is C134H80B4N2O8. The molecule has 34 rings (SSSR count). The van der Waals surface area contributed by atoms with Gasteiger partial charge in [-0.1, -0.05) is 340 Å². The van der Waals surface area contributed by atoms with Gasteiger partial charge in [0.25, 0.3) is 26.9 Å². The number of hydrogen-bond donors (Lipinski definition) is 0. The Labute approximate surface area is 853 Å². The lowest BCUT2D eigenvalue weighted by atomic mass is 9.34. The molecule has 26 aromatic rings. The average Bonchev–Trinajstić information content (AvgIpc) is 1.01. The summed E-state index contributed by atoms with van der Waals surface area (Å²) < 4.78 is 56.5. The van der Waals surface area contributed by atoms with E-state index in [0.717, 1.165) is 147 Å². The highest BCUT2D eigenvalue weighted by Crippen LogP contribution is 2.50. The predicted octanol–water partition coefficient (Wildman–Crippen LogP) is 26.6. The van der Waals surface area contributed by atoms with Crippen LogP contribution in [0, 0.1) is 0 Å². The van der Waals surface area contributed by atoms with Gasteiger partial charge >= 0.3 is 0 Å². The van der Waals surface area contributed by atoms with Gasteiger partial charge in [0.05, 0.1) is 22.1 Å². The molecule has 148 heavy (non-hydrogen) atoms. The van der Waals surface area contributed by atoms with Gasteiger partial charge in [0, 0.05) is 71.5 Å². The van der Waals surface area contributed by atoms with Crippen molar-refractivity contribution >= 4 is 179 Å². The van der Waals surface area contributed by atoms with Crippen LogP contribution in [0.4, 0.5) is 0 Å². The molecule has 0 aliphatic carbocycles. The van der Waals surface area contributed by atoms with Crippen LogP contribution in [0.1, 0.15) is 0 Å². The number of rotatable bonds is 6. The Hall–Kier alpha value is -19.2. The predicted molar refractivity (Wildman–Crippen MR) is 608 cm³/mol. The molecule has 2 aromatic heterocycles. The minimum Gasteiger partial charge on any atom is -0.458 e. The van der Waals surface area contributed by atoms with Gasteiger partial charge in [0.15, 0.2) is 0 Å². The van der Waals surface area contributed by atoms with E-state index in [1.807, 2.05) is 54.6 Å². The van der Waals surface area contributed by atoms with E-state index in [4.69, 9.17) is 37.9 Å². The molecule has 0 unspecified atom stereocenters. The SMILES string of the molecule is c1ccc2c(c1)Oc1ccc(-c3ccc(-n4c5ccccc5c5ccccc54)cc3)c3c1B2c1ccccc1O3.c1ccc2c(c1)Oc1ccc(-c3ccc4ccc5cccc6ccc3c4c56)c3c1B2c1ccccc1O3.c1ccc2c(c1)Oc1ccc(-c3cccc4ccccc34)c3c1B2c1ccccc1O3.c1ccc2c(c1)Oc1cccc3c1B2c1cc(-c2ccc(-n4c5ccccc5c5ccccc54)cc2)ccc1O3. The zero-order valence-electron chi connectivity index (χ0n) is 79.7. The fourth-order valence-electron chi connectivity index (χ4n) is 24.8. The third kappa shape index (κ3) is 12.9. The third-order valence-electron chi connectivity index (χ3n) is 31.3. The molecule has 0 N–H and O–H groups in total. The second-order valence-corrected chi connectivity index (χ2v) is 39.1. The van der Waals surface area contributed by atoms with E-state index in [0.29, 0.717) is 0 Å². The van der Waals surface area contributed by atoms with Gasteiger partial charge in [-0.3, -0.25) is 0 Å². The molecular weight excluding hydrogens is 1810 g/mol. The normalized spacial score (nSPS) is 13.0. The van der Waals surface area contributed by atoms with Crippen LogP contribution in [0.15, 0.2) is 485 Å². The molecule has 24 aromatic carbocycles. The Bertz CT molecular complexity index is 9880. The summed E-state index contributed by atoms with van der Waals surface area (Å²) in [5, 5.41) is 15.2. The van der Waals surface area contributed by atoms with Crippen LogP contribution in [-0.2, 0) is 0 Å². The van der Waals surface area contributed by atoms with E-state index < -0.39 is 0 Å². The van der Waals surface area contributed by atoms with Crippen molar-refractivity contribution in [3.8, 4) is 148 Å². The van der Waals surface area contributed by atoms with Crippen molar-refractivity contribution in [2.24, 2.45) is 0 Å². The minimum atomic E-state index is 0.0664. The molecule has 14 heteroatoms. The van der Waals surface area contributed by atoms with Gasteiger partial charge in [-0.25, -0.2) is 0 Å². The largest absolute Gasteiger partial charge is 0.458 e. The van der Waals surface area contributed by atoms with Gasteiger partial charge in [-0.05, 0) is 260 Å². The highest BCUT2D eigenvalue weighted by molar-refractivity contribution is 7.00. The number of ether oxygens (including phenoxy) is 8. The van der Waals surface area contributed by atoms with Gasteiger partial charge in [0.2, 0.25) is 0 Å². The third-order valence-corrected chi connectivity index (χ3v) is 31.3. The number of fused-ring (bicyclic) bond motifs is 23. The molecule has 0 fully saturated rings. The molecule has 0 radical (unpaired) electrons. The molecule has 0 saturated heterocycles. The first-order valence-electron chi connectivity index (χ1n) is 50.6. The highest BCUT2D eigenvalue weighted by Gasteiger charge is 2.46. The second kappa shape index (κ2) is 33.2. The summed E-state index contributed by atoms with van der Waals surface area (Å²) >= 11 is 0. The molecule has 0 atom stereocenters. The smallest absolute Gasteiger partial charge is 0.260 e. The van der Waals surface area contributed by atoms with Crippen molar-refractivity contribution in [1.82, 2.24) is 9.13 Å². The summed E-state index contributed by atoms with van der Waals surface area (Å²) in [6.07, 6.45) is 0. The van der Waals surface area contributed by atoms with E-state index in [1.165, 1.54) is 153 Å². The first kappa shape index (κ1) is 83.5. The maximum Gasteiger partial charge on any atom is 0.260 e. The van der Waals surface area contributed by atoms with Crippen molar-refractivity contribution in [3.05, 3.63) is 485 Å². The topological polar surface area (TPSA) is 83.7 Å². The number of nitrogens with zero attached hydrogens (tertiary/aromatic N) is 2. The number of aromatic nitrogens is 2. The molecule has 0 saturated carbocycles. The van der Waals surface area contributed by atoms with Crippen LogP contribution in [-0.4, -0.2) is 36.0 Å². The first-order chi connectivity index (χ1) is 73.4. The lowest BCUT2D eigenvalue weighted by molar-refractivity contribution is 0.464. The van der Waals surface area contributed by atoms with E-state index in [-0.39, 0.29) is 26.9 Å². The van der Waals surface area contributed by atoms with Crippen LogP contribution in [0.2, 0.25) is 0 Å². The summed E-state index contributed by atoms with van der Waals surface area (Å²) in [4.78, 5) is 0. The lowest BCUT2D eigenvalue weighted by Crippen LogP contribution is -2.57. The first-order valence-corrected chi connectivity index (χ1v) is 50.6. The molecule has 8 aliphatic rings. The lowest BCUT2D eigenvalue weighted by Gasteiger charge is -2.34. The Balaban J connectivity index is 0.0000000896. The summed E-state index contributed by atoms with van der Waals surface area (Å²) in [7, 11) is 0. The van der Waals surface area contributed by atoms with E-state index in [1.54, 1.807) is 0 Å². The molecule has 686 valence electrons. The number of para-hydroxylation sites is 11. The fourth-order valence-corrected chi connectivity index (χ4v) is 24.8. The zero-order valence-corrected chi connectivity index (χ0v) is 79.7. The molecule has 0 bridgehead atoms. The van der Waals surface area contributed by atoms with Gasteiger partial charge < -0.3 is 47.0 Å². The number of benzene rings is 24. The highest BCUT2D eigenvalue weighted by atomic mass is 16.5. The van der Waals surface area contributed by atoms with Gasteiger partial charge in [-0.2, -0.15) is 0 Å². The quantitative estimate of drug-likeness (QED) is 0.120. The maximum absolute atomic E-state index is 6.74. The van der Waals surface area contributed by atoms with Gasteiger partial charge in [-0.15, -0.1) is 0 Å². The Kier molecular flexibility index (Phi) is 18.7. The molecule has 0 amide bonds. The summed E-state index contributed by atoms with van der Waals surface area (Å²) in [6.45, 7) is 0.294. The molecule has 0 spiro atoms. The summed E-state index contributed by atoms with van der Waals surface area (Å²) in [5.41, 5.74) is 30.0. The van der Waals surface area contributed by atoms with Crippen LogP contribution in [0.25, 0.3) is 143 Å². The van der Waals surface area contributed by atoms with Crippen LogP contribution >= 0.6 is 0 Å². The van der Waals surface area contributed by atoms with Crippen molar-refractivity contribution in [2.75, 3.05) is 0 Å². The minimum absolute atomic E-state index is 0.0664. The van der Waals surface area contributed by atoms with Crippen molar-refractivity contribution in [3.63, 3.8) is 0 Å². The fraction of sp³-hybridized carbons (Fsp3) is 0. The average molecular weight is 1890 g/mol. The monoisotopic (exact) mass is 1890 g/mol. The Morgan fingerprint density at radius 2 is 0.426 bits per heavy atom.